The van der Waals surface area contributed by atoms with Crippen molar-refractivity contribution in [2.75, 3.05) is 6.54 Å². The fraction of sp³-hybridized carbons (Fsp3) is 0.312. The molecule has 1 aromatic carbocycles. The predicted octanol–water partition coefficient (Wildman–Crippen LogP) is 2.17. The molecule has 2 aromatic rings. The second-order valence-corrected chi connectivity index (χ2v) is 5.25. The highest BCUT2D eigenvalue weighted by Crippen LogP contribution is 2.21. The molecule has 0 spiro atoms. The minimum atomic E-state index is -0.864. The van der Waals surface area contributed by atoms with E-state index in [-0.39, 0.29) is 6.04 Å². The largest absolute Gasteiger partial charge is 0.465 e. The minimum absolute atomic E-state index is 0.0946. The zero-order valence-corrected chi connectivity index (χ0v) is 11.6. The molecular formula is C16H17N3O2. The first-order chi connectivity index (χ1) is 10.2. The second kappa shape index (κ2) is 5.91. The number of carbonyl (C=O) groups is 1. The highest BCUT2D eigenvalue weighted by Gasteiger charge is 2.27. The summed E-state index contributed by atoms with van der Waals surface area (Å²) in [6, 6.07) is 8.09. The van der Waals surface area contributed by atoms with Crippen molar-refractivity contribution in [2.45, 2.75) is 25.3 Å². The fourth-order valence-corrected chi connectivity index (χ4v) is 2.90. The van der Waals surface area contributed by atoms with Crippen LogP contribution in [-0.2, 0) is 19.3 Å². The third kappa shape index (κ3) is 3.02. The Labute approximate surface area is 123 Å². The maximum atomic E-state index is 11.5. The molecule has 1 N–H and O–H groups in total. The molecule has 0 radical (unpaired) electrons. The van der Waals surface area contributed by atoms with E-state index in [2.05, 4.69) is 22.1 Å². The number of benzene rings is 1. The van der Waals surface area contributed by atoms with Gasteiger partial charge in [0.15, 0.2) is 0 Å². The van der Waals surface area contributed by atoms with Gasteiger partial charge < -0.3 is 10.0 Å². The Bertz CT molecular complexity index is 630. The molecule has 108 valence electrons. The van der Waals surface area contributed by atoms with Gasteiger partial charge in [-0.2, -0.15) is 0 Å². The molecule has 1 amide bonds. The highest BCUT2D eigenvalue weighted by atomic mass is 16.4. The Morgan fingerprint density at radius 1 is 1.29 bits per heavy atom. The molecule has 1 aliphatic heterocycles. The fourth-order valence-electron chi connectivity index (χ4n) is 2.90. The third-order valence-electron chi connectivity index (χ3n) is 3.94. The summed E-state index contributed by atoms with van der Waals surface area (Å²) in [7, 11) is 0. The van der Waals surface area contributed by atoms with Crippen LogP contribution < -0.4 is 0 Å². The average Bonchev–Trinajstić information content (AvgIpc) is 2.67. The number of nitrogens with zero attached hydrogens (tertiary/aromatic N) is 3. The van der Waals surface area contributed by atoms with E-state index < -0.39 is 6.09 Å². The van der Waals surface area contributed by atoms with E-state index in [1.807, 2.05) is 12.1 Å². The Morgan fingerprint density at radius 2 is 2.10 bits per heavy atom. The van der Waals surface area contributed by atoms with E-state index in [0.29, 0.717) is 13.0 Å². The molecule has 0 bridgehead atoms. The van der Waals surface area contributed by atoms with Gasteiger partial charge in [0.25, 0.3) is 0 Å². The molecule has 1 aromatic heterocycles. The van der Waals surface area contributed by atoms with Crippen LogP contribution in [0, 0.1) is 0 Å². The van der Waals surface area contributed by atoms with Gasteiger partial charge in [0.2, 0.25) is 0 Å². The number of fused-ring (bicyclic) bond motifs is 1. The lowest BCUT2D eigenvalue weighted by molar-refractivity contribution is 0.126. The van der Waals surface area contributed by atoms with Crippen molar-refractivity contribution >= 4 is 6.09 Å². The van der Waals surface area contributed by atoms with Crippen LogP contribution in [0.15, 0.2) is 42.9 Å². The maximum absolute atomic E-state index is 11.5. The summed E-state index contributed by atoms with van der Waals surface area (Å²) < 4.78 is 0. The van der Waals surface area contributed by atoms with Crippen LogP contribution in [0.2, 0.25) is 0 Å². The Hall–Kier alpha value is -2.43. The summed E-state index contributed by atoms with van der Waals surface area (Å²) in [4.78, 5) is 21.4. The first-order valence-electron chi connectivity index (χ1n) is 7.05. The molecule has 0 saturated carbocycles. The summed E-state index contributed by atoms with van der Waals surface area (Å²) in [5, 5.41) is 9.48. The van der Waals surface area contributed by atoms with Gasteiger partial charge in [0, 0.05) is 37.6 Å². The van der Waals surface area contributed by atoms with Crippen LogP contribution in [0.5, 0.6) is 0 Å². The standard InChI is InChI=1S/C16H17N3O2/c20-16(21)19-8-5-12-3-1-2-4-13(12)9-15(19)10-14-11-17-6-7-18-14/h1-4,6-7,11,15H,5,8-10H2,(H,20,21). The Morgan fingerprint density at radius 3 is 2.81 bits per heavy atom. The van der Waals surface area contributed by atoms with Gasteiger partial charge >= 0.3 is 6.09 Å². The van der Waals surface area contributed by atoms with Crippen LogP contribution in [0.25, 0.3) is 0 Å². The van der Waals surface area contributed by atoms with Gasteiger partial charge in [-0.15, -0.1) is 0 Å². The summed E-state index contributed by atoms with van der Waals surface area (Å²) in [6.45, 7) is 0.525. The van der Waals surface area contributed by atoms with Crippen molar-refractivity contribution in [3.8, 4) is 0 Å². The molecule has 0 saturated heterocycles. The number of hydrogen-bond acceptors (Lipinski definition) is 3. The summed E-state index contributed by atoms with van der Waals surface area (Å²) >= 11 is 0. The molecule has 2 heterocycles. The molecule has 5 heteroatoms. The Balaban J connectivity index is 1.88. The number of rotatable bonds is 2. The molecule has 5 nitrogen and oxygen atoms in total. The molecule has 1 unspecified atom stereocenters. The number of hydrogen-bond donors (Lipinski definition) is 1. The molecular weight excluding hydrogens is 266 g/mol. The van der Waals surface area contributed by atoms with E-state index in [0.717, 1.165) is 18.5 Å². The van der Waals surface area contributed by atoms with Gasteiger partial charge in [-0.05, 0) is 24.0 Å². The summed E-state index contributed by atoms with van der Waals surface area (Å²) in [5.74, 6) is 0. The summed E-state index contributed by atoms with van der Waals surface area (Å²) in [5.41, 5.74) is 3.30. The van der Waals surface area contributed by atoms with Crippen molar-refractivity contribution in [3.63, 3.8) is 0 Å². The van der Waals surface area contributed by atoms with Gasteiger partial charge in [0.05, 0.1) is 5.69 Å². The molecule has 0 aliphatic carbocycles. The lowest BCUT2D eigenvalue weighted by Crippen LogP contribution is -2.42. The summed E-state index contributed by atoms with van der Waals surface area (Å²) in [6.07, 6.45) is 6.19. The van der Waals surface area contributed by atoms with Crippen molar-refractivity contribution in [3.05, 3.63) is 59.7 Å². The zero-order chi connectivity index (χ0) is 14.7. The smallest absolute Gasteiger partial charge is 0.407 e. The van der Waals surface area contributed by atoms with E-state index in [1.165, 1.54) is 16.0 Å². The van der Waals surface area contributed by atoms with E-state index >= 15 is 0 Å². The normalized spacial score (nSPS) is 17.9. The average molecular weight is 283 g/mol. The first kappa shape index (κ1) is 13.5. The molecule has 1 atom stereocenters. The molecule has 21 heavy (non-hydrogen) atoms. The number of aromatic nitrogens is 2. The van der Waals surface area contributed by atoms with Crippen molar-refractivity contribution in [1.82, 2.24) is 14.9 Å². The van der Waals surface area contributed by atoms with E-state index in [4.69, 9.17) is 0 Å². The van der Waals surface area contributed by atoms with Gasteiger partial charge in [-0.1, -0.05) is 24.3 Å². The Kier molecular flexibility index (Phi) is 3.81. The van der Waals surface area contributed by atoms with Crippen LogP contribution in [0.4, 0.5) is 4.79 Å². The monoisotopic (exact) mass is 283 g/mol. The van der Waals surface area contributed by atoms with E-state index in [9.17, 15) is 9.90 Å². The molecule has 3 rings (SSSR count). The minimum Gasteiger partial charge on any atom is -0.465 e. The van der Waals surface area contributed by atoms with Gasteiger partial charge in [-0.3, -0.25) is 9.97 Å². The van der Waals surface area contributed by atoms with Crippen LogP contribution in [-0.4, -0.2) is 38.7 Å². The third-order valence-corrected chi connectivity index (χ3v) is 3.94. The quantitative estimate of drug-likeness (QED) is 0.917. The maximum Gasteiger partial charge on any atom is 0.407 e. The van der Waals surface area contributed by atoms with Crippen LogP contribution in [0.1, 0.15) is 16.8 Å². The number of amides is 1. The van der Waals surface area contributed by atoms with Crippen molar-refractivity contribution < 1.29 is 9.90 Å². The van der Waals surface area contributed by atoms with Gasteiger partial charge in [0.1, 0.15) is 0 Å². The van der Waals surface area contributed by atoms with Crippen LogP contribution in [0.3, 0.4) is 0 Å². The molecule has 1 aliphatic rings. The van der Waals surface area contributed by atoms with Crippen molar-refractivity contribution in [1.29, 1.82) is 0 Å². The highest BCUT2D eigenvalue weighted by molar-refractivity contribution is 5.65. The van der Waals surface area contributed by atoms with Crippen molar-refractivity contribution in [2.24, 2.45) is 0 Å². The number of carboxylic acid groups (broad SMARTS) is 1. The van der Waals surface area contributed by atoms with E-state index in [1.54, 1.807) is 18.6 Å². The predicted molar refractivity (Wildman–Crippen MR) is 78.1 cm³/mol. The topological polar surface area (TPSA) is 66.3 Å². The second-order valence-electron chi connectivity index (χ2n) is 5.25. The zero-order valence-electron chi connectivity index (χ0n) is 11.6. The van der Waals surface area contributed by atoms with Crippen LogP contribution >= 0.6 is 0 Å². The molecule has 0 fully saturated rings. The lowest BCUT2D eigenvalue weighted by atomic mass is 9.98. The van der Waals surface area contributed by atoms with Gasteiger partial charge in [-0.25, -0.2) is 4.79 Å². The lowest BCUT2D eigenvalue weighted by Gasteiger charge is -2.27. The SMILES string of the molecule is O=C(O)N1CCc2ccccc2CC1Cc1cnccn1. The first-order valence-corrected chi connectivity index (χ1v) is 7.05.